The van der Waals surface area contributed by atoms with Gasteiger partial charge in [-0.1, -0.05) is 24.3 Å². The summed E-state index contributed by atoms with van der Waals surface area (Å²) in [7, 11) is 0. The number of fused-ring (bicyclic) bond motifs is 1. The number of hydrogen-bond donors (Lipinski definition) is 3. The number of amides is 1. The van der Waals surface area contributed by atoms with Crippen molar-refractivity contribution in [1.82, 2.24) is 15.5 Å². The topological polar surface area (TPSA) is 69.8 Å². The third-order valence-corrected chi connectivity index (χ3v) is 4.78. The fourth-order valence-corrected chi connectivity index (χ4v) is 3.30. The van der Waals surface area contributed by atoms with Crippen molar-refractivity contribution in [3.63, 3.8) is 0 Å². The van der Waals surface area contributed by atoms with Gasteiger partial charge in [0.25, 0.3) is 0 Å². The number of carbonyl (C=O) groups excluding carboxylic acids is 1. The maximum absolute atomic E-state index is 14.5. The molecular weight excluding hydrogens is 331 g/mol. The van der Waals surface area contributed by atoms with E-state index in [-0.39, 0.29) is 11.9 Å². The molecule has 0 radical (unpaired) electrons. The van der Waals surface area contributed by atoms with E-state index < -0.39 is 5.82 Å². The van der Waals surface area contributed by atoms with Gasteiger partial charge in [-0.2, -0.15) is 5.10 Å². The summed E-state index contributed by atoms with van der Waals surface area (Å²) < 4.78 is 14.5. The molecule has 1 unspecified atom stereocenters. The summed E-state index contributed by atoms with van der Waals surface area (Å²) in [6, 6.07) is 10.8. The van der Waals surface area contributed by atoms with Crippen LogP contribution in [0.25, 0.3) is 11.1 Å². The number of aromatic nitrogens is 2. The molecule has 1 atom stereocenters. The zero-order valence-corrected chi connectivity index (χ0v) is 14.3. The Hall–Kier alpha value is -2.99. The Labute approximate surface area is 150 Å². The van der Waals surface area contributed by atoms with Crippen molar-refractivity contribution in [3.8, 4) is 11.1 Å². The van der Waals surface area contributed by atoms with Crippen LogP contribution >= 0.6 is 0 Å². The molecule has 0 fully saturated rings. The molecule has 2 aromatic carbocycles. The highest BCUT2D eigenvalue weighted by molar-refractivity contribution is 5.96. The lowest BCUT2D eigenvalue weighted by Gasteiger charge is -2.25. The monoisotopic (exact) mass is 350 g/mol. The van der Waals surface area contributed by atoms with Crippen molar-refractivity contribution in [3.05, 3.63) is 71.3 Å². The number of aryl methyl sites for hydroxylation is 1. The van der Waals surface area contributed by atoms with E-state index in [1.807, 2.05) is 25.1 Å². The van der Waals surface area contributed by atoms with E-state index in [4.69, 9.17) is 0 Å². The van der Waals surface area contributed by atoms with Crippen LogP contribution < -0.4 is 10.6 Å². The Morgan fingerprint density at radius 2 is 2.08 bits per heavy atom. The smallest absolute Gasteiger partial charge is 0.241 e. The summed E-state index contributed by atoms with van der Waals surface area (Å²) in [6.07, 6.45) is 3.83. The van der Waals surface area contributed by atoms with Gasteiger partial charge >= 0.3 is 0 Å². The molecule has 1 aromatic heterocycles. The molecule has 26 heavy (non-hydrogen) atoms. The molecule has 1 aliphatic heterocycles. The van der Waals surface area contributed by atoms with Gasteiger partial charge in [0.2, 0.25) is 5.91 Å². The number of carbonyl (C=O) groups is 1. The van der Waals surface area contributed by atoms with E-state index in [0.717, 1.165) is 5.56 Å². The Kier molecular flexibility index (Phi) is 4.26. The van der Waals surface area contributed by atoms with Gasteiger partial charge < -0.3 is 10.6 Å². The molecule has 0 aliphatic carbocycles. The lowest BCUT2D eigenvalue weighted by molar-refractivity contribution is -0.118. The van der Waals surface area contributed by atoms with Crippen LogP contribution in [-0.2, 0) is 17.8 Å². The van der Waals surface area contributed by atoms with Crippen molar-refractivity contribution >= 4 is 11.6 Å². The molecule has 3 N–H and O–H groups in total. The zero-order chi connectivity index (χ0) is 18.1. The molecule has 1 aliphatic rings. The Bertz CT molecular complexity index is 952. The van der Waals surface area contributed by atoms with Crippen molar-refractivity contribution in [2.45, 2.75) is 25.9 Å². The van der Waals surface area contributed by atoms with Crippen LogP contribution in [0.4, 0.5) is 10.1 Å². The van der Waals surface area contributed by atoms with Crippen LogP contribution in [0, 0.1) is 12.7 Å². The first-order valence-electron chi connectivity index (χ1n) is 8.52. The van der Waals surface area contributed by atoms with Crippen molar-refractivity contribution in [1.29, 1.82) is 0 Å². The highest BCUT2D eigenvalue weighted by Gasteiger charge is 2.24. The minimum Gasteiger partial charge on any atom is -0.324 e. The number of hydrogen-bond acceptors (Lipinski definition) is 3. The van der Waals surface area contributed by atoms with Gasteiger partial charge in [0, 0.05) is 29.6 Å². The van der Waals surface area contributed by atoms with Crippen LogP contribution in [0.5, 0.6) is 0 Å². The van der Waals surface area contributed by atoms with E-state index in [9.17, 15) is 9.18 Å². The molecule has 132 valence electrons. The summed E-state index contributed by atoms with van der Waals surface area (Å²) in [5.74, 6) is -0.549. The fraction of sp³-hybridized carbons (Fsp3) is 0.200. The van der Waals surface area contributed by atoms with Crippen molar-refractivity contribution in [2.24, 2.45) is 0 Å². The first-order valence-corrected chi connectivity index (χ1v) is 8.52. The molecule has 4 rings (SSSR count). The van der Waals surface area contributed by atoms with Crippen LogP contribution in [-0.4, -0.2) is 22.1 Å². The molecule has 0 bridgehead atoms. The van der Waals surface area contributed by atoms with Gasteiger partial charge in [-0.3, -0.25) is 9.89 Å². The first-order chi connectivity index (χ1) is 12.6. The van der Waals surface area contributed by atoms with Gasteiger partial charge in [0.1, 0.15) is 5.82 Å². The van der Waals surface area contributed by atoms with Gasteiger partial charge in [0.05, 0.1) is 12.2 Å². The SMILES string of the molecule is Cc1cc(-c2cn[nH]c2)c(F)cc1NC(=O)C1Cc2ccccc2CN1. The third kappa shape index (κ3) is 3.11. The number of rotatable bonds is 3. The Morgan fingerprint density at radius 3 is 2.85 bits per heavy atom. The van der Waals surface area contributed by atoms with Gasteiger partial charge in [-0.05, 0) is 42.2 Å². The highest BCUT2D eigenvalue weighted by Crippen LogP contribution is 2.28. The Balaban J connectivity index is 1.52. The molecule has 6 heteroatoms. The van der Waals surface area contributed by atoms with E-state index >= 15 is 0 Å². The first kappa shape index (κ1) is 16.5. The summed E-state index contributed by atoms with van der Waals surface area (Å²) in [4.78, 5) is 12.6. The minimum absolute atomic E-state index is 0.155. The number of nitrogens with zero attached hydrogens (tertiary/aromatic N) is 1. The summed E-state index contributed by atoms with van der Waals surface area (Å²) in [5, 5.41) is 12.6. The van der Waals surface area contributed by atoms with E-state index in [0.29, 0.717) is 29.8 Å². The summed E-state index contributed by atoms with van der Waals surface area (Å²) in [5.41, 5.74) is 4.80. The van der Waals surface area contributed by atoms with E-state index in [1.165, 1.54) is 17.2 Å². The van der Waals surface area contributed by atoms with Crippen LogP contribution in [0.2, 0.25) is 0 Å². The zero-order valence-electron chi connectivity index (χ0n) is 14.3. The number of halogens is 1. The normalized spacial score (nSPS) is 16.2. The molecule has 3 aromatic rings. The van der Waals surface area contributed by atoms with E-state index in [1.54, 1.807) is 18.5 Å². The molecular formula is C20H19FN4O. The molecule has 0 spiro atoms. The molecule has 0 saturated carbocycles. The third-order valence-electron chi connectivity index (χ3n) is 4.78. The number of aromatic amines is 1. The van der Waals surface area contributed by atoms with Crippen LogP contribution in [0.3, 0.4) is 0 Å². The quantitative estimate of drug-likeness (QED) is 0.679. The molecule has 2 heterocycles. The number of anilines is 1. The lowest BCUT2D eigenvalue weighted by atomic mass is 9.95. The average molecular weight is 350 g/mol. The maximum Gasteiger partial charge on any atom is 0.241 e. The highest BCUT2D eigenvalue weighted by atomic mass is 19.1. The Morgan fingerprint density at radius 1 is 1.27 bits per heavy atom. The average Bonchev–Trinajstić information content (AvgIpc) is 3.18. The van der Waals surface area contributed by atoms with Gasteiger partial charge in [-0.25, -0.2) is 4.39 Å². The maximum atomic E-state index is 14.5. The molecule has 5 nitrogen and oxygen atoms in total. The van der Waals surface area contributed by atoms with Crippen LogP contribution in [0.1, 0.15) is 16.7 Å². The number of H-pyrrole nitrogens is 1. The summed E-state index contributed by atoms with van der Waals surface area (Å²) >= 11 is 0. The molecule has 0 saturated heterocycles. The van der Waals surface area contributed by atoms with Gasteiger partial charge in [0.15, 0.2) is 0 Å². The second-order valence-electron chi connectivity index (χ2n) is 6.53. The van der Waals surface area contributed by atoms with E-state index in [2.05, 4.69) is 26.9 Å². The second kappa shape index (κ2) is 6.72. The van der Waals surface area contributed by atoms with Crippen molar-refractivity contribution < 1.29 is 9.18 Å². The summed E-state index contributed by atoms with van der Waals surface area (Å²) in [6.45, 7) is 2.50. The predicted molar refractivity (Wildman–Crippen MR) is 98.1 cm³/mol. The van der Waals surface area contributed by atoms with Gasteiger partial charge in [-0.15, -0.1) is 0 Å². The standard InChI is InChI=1S/C20H19FN4O/c1-12-6-16(15-10-23-24-11-15)17(21)8-18(12)25-20(26)19-7-13-4-2-3-5-14(13)9-22-19/h2-6,8,10-11,19,22H,7,9H2,1H3,(H,23,24)(H,25,26). The van der Waals surface area contributed by atoms with Crippen molar-refractivity contribution in [2.75, 3.05) is 5.32 Å². The predicted octanol–water partition coefficient (Wildman–Crippen LogP) is 3.18. The lowest BCUT2D eigenvalue weighted by Crippen LogP contribution is -2.44. The minimum atomic E-state index is -0.394. The largest absolute Gasteiger partial charge is 0.324 e. The number of nitrogens with one attached hydrogen (secondary N) is 3. The number of benzene rings is 2. The van der Waals surface area contributed by atoms with Crippen LogP contribution in [0.15, 0.2) is 48.8 Å². The fourth-order valence-electron chi connectivity index (χ4n) is 3.30. The second-order valence-corrected chi connectivity index (χ2v) is 6.53. The molecule has 1 amide bonds.